The first-order valence-corrected chi connectivity index (χ1v) is 5.97. The van der Waals surface area contributed by atoms with E-state index in [0.717, 1.165) is 0 Å². The molecule has 1 saturated heterocycles. The summed E-state index contributed by atoms with van der Waals surface area (Å²) in [7, 11) is 0. The maximum absolute atomic E-state index is 11.9. The van der Waals surface area contributed by atoms with Crippen molar-refractivity contribution >= 4 is 11.9 Å². The third-order valence-electron chi connectivity index (χ3n) is 3.20. The zero-order chi connectivity index (χ0) is 13.7. The summed E-state index contributed by atoms with van der Waals surface area (Å²) in [5.41, 5.74) is 8.26. The lowest BCUT2D eigenvalue weighted by molar-refractivity contribution is -0.140. The lowest BCUT2D eigenvalue weighted by Gasteiger charge is -2.30. The minimum atomic E-state index is -0.903. The van der Waals surface area contributed by atoms with Gasteiger partial charge in [-0.05, 0) is 17.4 Å². The number of carboxylic acid groups (broad SMARTS) is 1. The number of nitrogens with zero attached hydrogens (tertiary/aromatic N) is 4. The minimum absolute atomic E-state index is 0.00319. The van der Waals surface area contributed by atoms with Crippen LogP contribution in [-0.4, -0.2) is 41.0 Å². The number of aliphatic carboxylic acids is 1. The topological polar surface area (TPSA) is 106 Å². The zero-order valence-electron chi connectivity index (χ0n) is 10.6. The van der Waals surface area contributed by atoms with Crippen LogP contribution in [0.1, 0.15) is 26.7 Å². The molecule has 0 bridgehead atoms. The summed E-state index contributed by atoms with van der Waals surface area (Å²) in [6, 6.07) is -0.286. The maximum Gasteiger partial charge on any atom is 0.305 e. The molecule has 1 aliphatic rings. The Hall–Kier alpha value is -1.75. The summed E-state index contributed by atoms with van der Waals surface area (Å²) in [6.07, 6.45) is 0.291. The summed E-state index contributed by atoms with van der Waals surface area (Å²) >= 11 is 0. The highest BCUT2D eigenvalue weighted by molar-refractivity contribution is 5.80. The summed E-state index contributed by atoms with van der Waals surface area (Å²) in [6.45, 7) is 4.58. The molecule has 18 heavy (non-hydrogen) atoms. The third kappa shape index (κ3) is 3.63. The van der Waals surface area contributed by atoms with Crippen LogP contribution in [0.5, 0.6) is 0 Å². The minimum Gasteiger partial charge on any atom is -0.481 e. The molecule has 100 valence electrons. The molecule has 0 aliphatic carbocycles. The fourth-order valence-electron chi connectivity index (χ4n) is 2.29. The number of likely N-dealkylation sites (tertiary alicyclic amines) is 1. The van der Waals surface area contributed by atoms with Gasteiger partial charge in [0.25, 0.3) is 0 Å². The molecule has 1 fully saturated rings. The Morgan fingerprint density at radius 2 is 2.33 bits per heavy atom. The highest BCUT2D eigenvalue weighted by Gasteiger charge is 2.36. The van der Waals surface area contributed by atoms with E-state index in [9.17, 15) is 9.59 Å². The van der Waals surface area contributed by atoms with Crippen LogP contribution in [0.4, 0.5) is 0 Å². The Balaban J connectivity index is 2.71. The van der Waals surface area contributed by atoms with Gasteiger partial charge in [-0.2, -0.15) is 0 Å². The highest BCUT2D eigenvalue weighted by atomic mass is 16.4. The van der Waals surface area contributed by atoms with Crippen molar-refractivity contribution in [1.82, 2.24) is 4.90 Å². The van der Waals surface area contributed by atoms with E-state index in [1.165, 1.54) is 0 Å². The Morgan fingerprint density at radius 1 is 1.67 bits per heavy atom. The van der Waals surface area contributed by atoms with Crippen LogP contribution in [0.3, 0.4) is 0 Å². The number of hydrogen-bond acceptors (Lipinski definition) is 3. The van der Waals surface area contributed by atoms with Crippen LogP contribution in [0.25, 0.3) is 10.4 Å². The predicted octanol–water partition coefficient (Wildman–Crippen LogP) is 1.64. The van der Waals surface area contributed by atoms with E-state index < -0.39 is 5.97 Å². The van der Waals surface area contributed by atoms with Crippen molar-refractivity contribution in [1.29, 1.82) is 0 Å². The number of carbonyl (C=O) groups excluding carboxylic acids is 1. The monoisotopic (exact) mass is 254 g/mol. The van der Waals surface area contributed by atoms with Gasteiger partial charge in [0.15, 0.2) is 0 Å². The van der Waals surface area contributed by atoms with E-state index >= 15 is 0 Å². The van der Waals surface area contributed by atoms with Gasteiger partial charge in [-0.3, -0.25) is 9.59 Å². The van der Waals surface area contributed by atoms with Gasteiger partial charge in [-0.1, -0.05) is 19.0 Å². The molecule has 1 heterocycles. The van der Waals surface area contributed by atoms with E-state index in [0.29, 0.717) is 13.0 Å². The highest BCUT2D eigenvalue weighted by Crippen LogP contribution is 2.25. The molecule has 0 saturated carbocycles. The molecule has 0 spiro atoms. The van der Waals surface area contributed by atoms with Crippen molar-refractivity contribution in [2.45, 2.75) is 32.7 Å². The summed E-state index contributed by atoms with van der Waals surface area (Å²) in [4.78, 5) is 27.0. The molecule has 2 atom stereocenters. The van der Waals surface area contributed by atoms with E-state index in [1.807, 2.05) is 13.8 Å². The molecule has 1 N–H and O–H groups in total. The molecule has 1 rings (SSSR count). The van der Waals surface area contributed by atoms with Crippen LogP contribution in [0.2, 0.25) is 0 Å². The molecule has 0 radical (unpaired) electrons. The van der Waals surface area contributed by atoms with Gasteiger partial charge in [0, 0.05) is 30.5 Å². The molecule has 0 aromatic heterocycles. The fraction of sp³-hybridized carbons (Fsp3) is 0.818. The quantitative estimate of drug-likeness (QED) is 0.442. The molecule has 1 aliphatic heterocycles. The van der Waals surface area contributed by atoms with Crippen LogP contribution in [-0.2, 0) is 9.59 Å². The van der Waals surface area contributed by atoms with Crippen LogP contribution in [0.15, 0.2) is 5.11 Å². The van der Waals surface area contributed by atoms with Crippen molar-refractivity contribution in [2.75, 3.05) is 13.1 Å². The number of carbonyl (C=O) groups is 2. The Bertz CT molecular complexity index is 376. The van der Waals surface area contributed by atoms with Crippen molar-refractivity contribution in [3.63, 3.8) is 0 Å². The van der Waals surface area contributed by atoms with Crippen LogP contribution in [0, 0.1) is 11.8 Å². The number of carboxylic acids is 1. The van der Waals surface area contributed by atoms with Crippen molar-refractivity contribution in [2.24, 2.45) is 17.0 Å². The number of rotatable bonds is 6. The first-order chi connectivity index (χ1) is 8.45. The lowest BCUT2D eigenvalue weighted by Crippen LogP contribution is -2.41. The molecule has 0 aromatic carbocycles. The zero-order valence-corrected chi connectivity index (χ0v) is 10.6. The van der Waals surface area contributed by atoms with Crippen molar-refractivity contribution < 1.29 is 14.7 Å². The van der Waals surface area contributed by atoms with E-state index in [2.05, 4.69) is 10.0 Å². The normalized spacial score (nSPS) is 20.9. The second-order valence-corrected chi connectivity index (χ2v) is 4.94. The predicted molar refractivity (Wildman–Crippen MR) is 64.7 cm³/mol. The summed E-state index contributed by atoms with van der Waals surface area (Å²) < 4.78 is 0. The molecule has 7 heteroatoms. The molecular formula is C11H18N4O3. The third-order valence-corrected chi connectivity index (χ3v) is 3.20. The van der Waals surface area contributed by atoms with Crippen molar-refractivity contribution in [3.8, 4) is 0 Å². The SMILES string of the molecule is CC(C)C(CC(=O)O)N1CC(CN=[N+]=[N-])CC1=O. The van der Waals surface area contributed by atoms with Gasteiger partial charge in [0.2, 0.25) is 5.91 Å². The average molecular weight is 254 g/mol. The van der Waals surface area contributed by atoms with E-state index in [-0.39, 0.29) is 36.8 Å². The Labute approximate surface area is 105 Å². The molecule has 0 aromatic rings. The van der Waals surface area contributed by atoms with Gasteiger partial charge in [-0.25, -0.2) is 0 Å². The van der Waals surface area contributed by atoms with Gasteiger partial charge < -0.3 is 10.0 Å². The molecule has 1 amide bonds. The van der Waals surface area contributed by atoms with Crippen molar-refractivity contribution in [3.05, 3.63) is 10.4 Å². The first-order valence-electron chi connectivity index (χ1n) is 5.97. The largest absolute Gasteiger partial charge is 0.481 e. The smallest absolute Gasteiger partial charge is 0.305 e. The van der Waals surface area contributed by atoms with E-state index in [1.54, 1.807) is 4.90 Å². The first kappa shape index (κ1) is 14.3. The second-order valence-electron chi connectivity index (χ2n) is 4.94. The summed E-state index contributed by atoms with van der Waals surface area (Å²) in [5, 5.41) is 12.4. The Morgan fingerprint density at radius 3 is 2.83 bits per heavy atom. The maximum atomic E-state index is 11.9. The molecule has 7 nitrogen and oxygen atoms in total. The number of hydrogen-bond donors (Lipinski definition) is 1. The number of azide groups is 1. The van der Waals surface area contributed by atoms with Gasteiger partial charge in [-0.15, -0.1) is 0 Å². The second kappa shape index (κ2) is 6.26. The summed E-state index contributed by atoms with van der Waals surface area (Å²) in [5.74, 6) is -0.861. The Kier molecular flexibility index (Phi) is 4.97. The number of amides is 1. The van der Waals surface area contributed by atoms with Crippen LogP contribution >= 0.6 is 0 Å². The fourth-order valence-corrected chi connectivity index (χ4v) is 2.29. The van der Waals surface area contributed by atoms with Gasteiger partial charge >= 0.3 is 5.97 Å². The molecule has 2 unspecified atom stereocenters. The van der Waals surface area contributed by atoms with Gasteiger partial charge in [0.05, 0.1) is 6.42 Å². The average Bonchev–Trinajstić information content (AvgIpc) is 2.64. The lowest BCUT2D eigenvalue weighted by atomic mass is 9.99. The standard InChI is InChI=1S/C11H18N4O3/c1-7(2)9(4-11(17)18)15-6-8(3-10(15)16)5-13-14-12/h7-9H,3-6H2,1-2H3,(H,17,18). The van der Waals surface area contributed by atoms with Crippen LogP contribution < -0.4 is 0 Å². The molecular weight excluding hydrogens is 236 g/mol. The van der Waals surface area contributed by atoms with Gasteiger partial charge in [0.1, 0.15) is 0 Å². The van der Waals surface area contributed by atoms with E-state index in [4.69, 9.17) is 10.6 Å².